The Labute approximate surface area is 164 Å². The highest BCUT2D eigenvalue weighted by Crippen LogP contribution is 2.37. The number of fused-ring (bicyclic) bond motifs is 1. The first kappa shape index (κ1) is 17.6. The summed E-state index contributed by atoms with van der Waals surface area (Å²) in [6, 6.07) is 21.6. The van der Waals surface area contributed by atoms with Gasteiger partial charge < -0.3 is 10.2 Å². The Balaban J connectivity index is 1.74. The van der Waals surface area contributed by atoms with Gasteiger partial charge >= 0.3 is 0 Å². The SMILES string of the molecule is Cc1cccc(N[C@@H]2c3ccccc3C(=O)N2Cc2ccccc2Cl)c1C. The van der Waals surface area contributed by atoms with Gasteiger partial charge in [-0.3, -0.25) is 4.79 Å². The molecule has 1 atom stereocenters. The van der Waals surface area contributed by atoms with Gasteiger partial charge in [-0.05, 0) is 48.7 Å². The lowest BCUT2D eigenvalue weighted by Gasteiger charge is -2.28. The highest BCUT2D eigenvalue weighted by Gasteiger charge is 2.36. The van der Waals surface area contributed by atoms with Gasteiger partial charge in [-0.15, -0.1) is 0 Å². The van der Waals surface area contributed by atoms with Crippen LogP contribution in [0.15, 0.2) is 66.7 Å². The summed E-state index contributed by atoms with van der Waals surface area (Å²) in [5.74, 6) is 0.0216. The molecule has 3 aromatic carbocycles. The molecule has 1 heterocycles. The first-order valence-electron chi connectivity index (χ1n) is 9.02. The summed E-state index contributed by atoms with van der Waals surface area (Å²) in [5.41, 5.74) is 6.12. The van der Waals surface area contributed by atoms with Gasteiger partial charge in [0.05, 0.1) is 0 Å². The molecule has 3 aromatic rings. The fourth-order valence-corrected chi connectivity index (χ4v) is 3.75. The van der Waals surface area contributed by atoms with Gasteiger partial charge in [-0.1, -0.05) is 60.1 Å². The Kier molecular flexibility index (Phi) is 4.63. The quantitative estimate of drug-likeness (QED) is 0.631. The van der Waals surface area contributed by atoms with Crippen LogP contribution in [0.4, 0.5) is 5.69 Å². The molecule has 1 N–H and O–H groups in total. The van der Waals surface area contributed by atoms with Crippen LogP contribution < -0.4 is 5.32 Å². The van der Waals surface area contributed by atoms with Crippen LogP contribution in [-0.2, 0) is 6.54 Å². The van der Waals surface area contributed by atoms with Gasteiger partial charge in [0.15, 0.2) is 0 Å². The number of nitrogens with zero attached hydrogens (tertiary/aromatic N) is 1. The molecule has 0 saturated heterocycles. The van der Waals surface area contributed by atoms with Gasteiger partial charge in [-0.25, -0.2) is 0 Å². The van der Waals surface area contributed by atoms with Crippen molar-refractivity contribution in [2.24, 2.45) is 0 Å². The smallest absolute Gasteiger partial charge is 0.256 e. The molecule has 1 amide bonds. The number of carbonyl (C=O) groups excluding carboxylic acids is 1. The lowest BCUT2D eigenvalue weighted by atomic mass is 10.1. The summed E-state index contributed by atoms with van der Waals surface area (Å²) in [4.78, 5) is 15.0. The molecule has 0 saturated carbocycles. The largest absolute Gasteiger partial charge is 0.361 e. The lowest BCUT2D eigenvalue weighted by Crippen LogP contribution is -2.32. The first-order chi connectivity index (χ1) is 13.1. The van der Waals surface area contributed by atoms with Gasteiger partial charge in [0, 0.05) is 28.4 Å². The monoisotopic (exact) mass is 376 g/mol. The summed E-state index contributed by atoms with van der Waals surface area (Å²) in [6.07, 6.45) is -0.231. The number of anilines is 1. The van der Waals surface area contributed by atoms with Crippen LogP contribution >= 0.6 is 11.6 Å². The number of halogens is 1. The fraction of sp³-hybridized carbons (Fsp3) is 0.174. The van der Waals surface area contributed by atoms with Crippen molar-refractivity contribution in [2.45, 2.75) is 26.6 Å². The average Bonchev–Trinajstić information content (AvgIpc) is 2.93. The third kappa shape index (κ3) is 3.19. The number of rotatable bonds is 4. The minimum Gasteiger partial charge on any atom is -0.361 e. The van der Waals surface area contributed by atoms with Crippen molar-refractivity contribution >= 4 is 23.2 Å². The molecule has 27 heavy (non-hydrogen) atoms. The summed E-state index contributed by atoms with van der Waals surface area (Å²) in [6.45, 7) is 4.64. The van der Waals surface area contributed by atoms with Gasteiger partial charge in [0.25, 0.3) is 5.91 Å². The van der Waals surface area contributed by atoms with Gasteiger partial charge in [-0.2, -0.15) is 0 Å². The number of nitrogens with one attached hydrogen (secondary N) is 1. The number of aryl methyl sites for hydroxylation is 1. The lowest BCUT2D eigenvalue weighted by molar-refractivity contribution is 0.0729. The highest BCUT2D eigenvalue weighted by atomic mass is 35.5. The normalized spacial score (nSPS) is 15.7. The first-order valence-corrected chi connectivity index (χ1v) is 9.40. The van der Waals surface area contributed by atoms with Crippen molar-refractivity contribution in [3.8, 4) is 0 Å². The minimum atomic E-state index is -0.231. The molecule has 4 heteroatoms. The number of amides is 1. The Hall–Kier alpha value is -2.78. The second-order valence-corrected chi connectivity index (χ2v) is 7.31. The van der Waals surface area contributed by atoms with Crippen LogP contribution in [0.2, 0.25) is 5.02 Å². The third-order valence-corrected chi connectivity index (χ3v) is 5.62. The predicted molar refractivity (Wildman–Crippen MR) is 110 cm³/mol. The van der Waals surface area contributed by atoms with E-state index in [1.54, 1.807) is 0 Å². The molecule has 0 bridgehead atoms. The van der Waals surface area contributed by atoms with Crippen LogP contribution in [0.3, 0.4) is 0 Å². The van der Waals surface area contributed by atoms with E-state index in [0.29, 0.717) is 11.6 Å². The van der Waals surface area contributed by atoms with Crippen molar-refractivity contribution in [3.05, 3.63) is 99.6 Å². The zero-order valence-corrected chi connectivity index (χ0v) is 16.1. The molecule has 0 spiro atoms. The summed E-state index contributed by atoms with van der Waals surface area (Å²) in [5, 5.41) is 4.26. The molecular formula is C23H21ClN2O. The molecule has 0 unspecified atom stereocenters. The van der Waals surface area contributed by atoms with E-state index in [1.165, 1.54) is 11.1 Å². The number of hydrogen-bond donors (Lipinski definition) is 1. The van der Waals surface area contributed by atoms with Crippen LogP contribution in [0.5, 0.6) is 0 Å². The fourth-order valence-electron chi connectivity index (χ4n) is 3.55. The molecule has 0 radical (unpaired) electrons. The molecule has 1 aliphatic rings. The van der Waals surface area contributed by atoms with Crippen molar-refractivity contribution < 1.29 is 4.79 Å². The molecular weight excluding hydrogens is 356 g/mol. The third-order valence-electron chi connectivity index (χ3n) is 5.25. The second-order valence-electron chi connectivity index (χ2n) is 6.91. The van der Waals surface area contributed by atoms with E-state index in [4.69, 9.17) is 11.6 Å². The van der Waals surface area contributed by atoms with E-state index >= 15 is 0 Å². The summed E-state index contributed by atoms with van der Waals surface area (Å²) < 4.78 is 0. The second kappa shape index (κ2) is 7.09. The predicted octanol–water partition coefficient (Wildman–Crippen LogP) is 5.72. The number of benzene rings is 3. The molecule has 0 aromatic heterocycles. The van der Waals surface area contributed by atoms with Gasteiger partial charge in [0.1, 0.15) is 6.17 Å². The van der Waals surface area contributed by atoms with Crippen molar-refractivity contribution in [1.29, 1.82) is 0 Å². The number of hydrogen-bond acceptors (Lipinski definition) is 2. The Morgan fingerprint density at radius 3 is 2.52 bits per heavy atom. The Morgan fingerprint density at radius 1 is 0.963 bits per heavy atom. The van der Waals surface area contributed by atoms with E-state index in [1.807, 2.05) is 59.5 Å². The zero-order chi connectivity index (χ0) is 19.0. The van der Waals surface area contributed by atoms with Crippen molar-refractivity contribution in [3.63, 3.8) is 0 Å². The van der Waals surface area contributed by atoms with Crippen LogP contribution in [-0.4, -0.2) is 10.8 Å². The zero-order valence-electron chi connectivity index (χ0n) is 15.4. The molecule has 3 nitrogen and oxygen atoms in total. The maximum atomic E-state index is 13.1. The van der Waals surface area contributed by atoms with E-state index in [-0.39, 0.29) is 12.1 Å². The van der Waals surface area contributed by atoms with Gasteiger partial charge in [0.2, 0.25) is 0 Å². The molecule has 1 aliphatic heterocycles. The van der Waals surface area contributed by atoms with Crippen LogP contribution in [0.25, 0.3) is 0 Å². The molecule has 136 valence electrons. The average molecular weight is 377 g/mol. The highest BCUT2D eigenvalue weighted by molar-refractivity contribution is 6.31. The van der Waals surface area contributed by atoms with Crippen molar-refractivity contribution in [2.75, 3.05) is 5.32 Å². The molecule has 0 fully saturated rings. The Bertz CT molecular complexity index is 1010. The maximum Gasteiger partial charge on any atom is 0.256 e. The number of carbonyl (C=O) groups is 1. The minimum absolute atomic E-state index is 0.0216. The molecule has 4 rings (SSSR count). The van der Waals surface area contributed by atoms with Crippen LogP contribution in [0, 0.1) is 13.8 Å². The van der Waals surface area contributed by atoms with E-state index < -0.39 is 0 Å². The topological polar surface area (TPSA) is 32.3 Å². The van der Waals surface area contributed by atoms with E-state index in [9.17, 15) is 4.79 Å². The van der Waals surface area contributed by atoms with E-state index in [2.05, 4.69) is 31.3 Å². The van der Waals surface area contributed by atoms with Crippen molar-refractivity contribution in [1.82, 2.24) is 4.90 Å². The summed E-state index contributed by atoms with van der Waals surface area (Å²) >= 11 is 6.36. The van der Waals surface area contributed by atoms with Crippen LogP contribution in [0.1, 0.15) is 38.8 Å². The summed E-state index contributed by atoms with van der Waals surface area (Å²) in [7, 11) is 0. The van der Waals surface area contributed by atoms with E-state index in [0.717, 1.165) is 22.4 Å². The Morgan fingerprint density at radius 2 is 1.70 bits per heavy atom. The maximum absolute atomic E-state index is 13.1. The standard InChI is InChI=1S/C23H21ClN2O/c1-15-8-7-13-21(16(15)2)25-22-18-10-4-5-11-19(18)23(27)26(22)14-17-9-3-6-12-20(17)24/h3-13,22,25H,14H2,1-2H3/t22-/m0/s1. The molecule has 0 aliphatic carbocycles.